The highest BCUT2D eigenvalue weighted by molar-refractivity contribution is 5.14. The van der Waals surface area contributed by atoms with Gasteiger partial charge in [0.15, 0.2) is 0 Å². The first kappa shape index (κ1) is 14.2. The highest BCUT2D eigenvalue weighted by atomic mass is 15.3. The van der Waals surface area contributed by atoms with Gasteiger partial charge < -0.3 is 5.32 Å². The second kappa shape index (κ2) is 6.80. The SMILES string of the molecule is CCCNC(c1cc(C)nn1C)C(CC)CC. The maximum atomic E-state index is 4.47. The molecule has 1 rings (SSSR count). The summed E-state index contributed by atoms with van der Waals surface area (Å²) in [5.41, 5.74) is 2.43. The first-order valence-electron chi connectivity index (χ1n) is 6.87. The van der Waals surface area contributed by atoms with Crippen molar-refractivity contribution >= 4 is 0 Å². The Bertz CT molecular complexity index is 326. The van der Waals surface area contributed by atoms with Crippen molar-refractivity contribution in [3.8, 4) is 0 Å². The van der Waals surface area contributed by atoms with Crippen LogP contribution in [0.3, 0.4) is 0 Å². The number of nitrogens with zero attached hydrogens (tertiary/aromatic N) is 2. The Hall–Kier alpha value is -0.830. The van der Waals surface area contributed by atoms with Crippen molar-refractivity contribution in [1.29, 1.82) is 0 Å². The Kier molecular flexibility index (Phi) is 5.69. The number of nitrogens with one attached hydrogen (secondary N) is 1. The van der Waals surface area contributed by atoms with Gasteiger partial charge in [0.05, 0.1) is 17.4 Å². The van der Waals surface area contributed by atoms with Gasteiger partial charge in [0, 0.05) is 7.05 Å². The summed E-state index contributed by atoms with van der Waals surface area (Å²) in [7, 11) is 2.05. The minimum Gasteiger partial charge on any atom is -0.308 e. The molecule has 0 bridgehead atoms. The first-order valence-corrected chi connectivity index (χ1v) is 6.87. The molecule has 98 valence electrons. The van der Waals surface area contributed by atoms with E-state index < -0.39 is 0 Å². The number of hydrogen-bond donors (Lipinski definition) is 1. The fourth-order valence-electron chi connectivity index (χ4n) is 2.49. The number of hydrogen-bond acceptors (Lipinski definition) is 2. The van der Waals surface area contributed by atoms with Gasteiger partial charge in [-0.15, -0.1) is 0 Å². The molecular formula is C14H27N3. The summed E-state index contributed by atoms with van der Waals surface area (Å²) < 4.78 is 2.03. The van der Waals surface area contributed by atoms with Gasteiger partial charge in [-0.05, 0) is 31.9 Å². The van der Waals surface area contributed by atoms with E-state index in [1.54, 1.807) is 0 Å². The summed E-state index contributed by atoms with van der Waals surface area (Å²) in [6.45, 7) is 9.90. The normalized spacial score (nSPS) is 13.3. The number of aryl methyl sites for hydroxylation is 2. The van der Waals surface area contributed by atoms with Crippen molar-refractivity contribution in [3.05, 3.63) is 17.5 Å². The lowest BCUT2D eigenvalue weighted by Crippen LogP contribution is -2.30. The Balaban J connectivity index is 2.92. The van der Waals surface area contributed by atoms with Crippen LogP contribution in [0.15, 0.2) is 6.07 Å². The third-order valence-corrected chi connectivity index (χ3v) is 3.49. The molecule has 1 heterocycles. The van der Waals surface area contributed by atoms with Crippen LogP contribution in [0.2, 0.25) is 0 Å². The van der Waals surface area contributed by atoms with Crippen LogP contribution >= 0.6 is 0 Å². The molecule has 0 saturated heterocycles. The minimum absolute atomic E-state index is 0.441. The molecule has 3 heteroatoms. The summed E-state index contributed by atoms with van der Waals surface area (Å²) in [4.78, 5) is 0. The van der Waals surface area contributed by atoms with Crippen LogP contribution in [0, 0.1) is 12.8 Å². The predicted octanol–water partition coefficient (Wildman–Crippen LogP) is 3.21. The van der Waals surface area contributed by atoms with E-state index in [0.717, 1.165) is 12.2 Å². The van der Waals surface area contributed by atoms with E-state index in [-0.39, 0.29) is 0 Å². The van der Waals surface area contributed by atoms with Crippen LogP contribution in [0.4, 0.5) is 0 Å². The second-order valence-electron chi connectivity index (χ2n) is 4.84. The Morgan fingerprint density at radius 3 is 2.35 bits per heavy atom. The van der Waals surface area contributed by atoms with E-state index in [9.17, 15) is 0 Å². The second-order valence-corrected chi connectivity index (χ2v) is 4.84. The summed E-state index contributed by atoms with van der Waals surface area (Å²) >= 11 is 0. The highest BCUT2D eigenvalue weighted by Gasteiger charge is 2.22. The highest BCUT2D eigenvalue weighted by Crippen LogP contribution is 2.27. The van der Waals surface area contributed by atoms with Gasteiger partial charge in [0.1, 0.15) is 0 Å². The van der Waals surface area contributed by atoms with Gasteiger partial charge in [0.25, 0.3) is 0 Å². The summed E-state index contributed by atoms with van der Waals surface area (Å²) in [5.74, 6) is 0.691. The lowest BCUT2D eigenvalue weighted by molar-refractivity contribution is 0.327. The van der Waals surface area contributed by atoms with Gasteiger partial charge in [-0.1, -0.05) is 33.6 Å². The molecule has 0 fully saturated rings. The fraction of sp³-hybridized carbons (Fsp3) is 0.786. The molecule has 1 aromatic rings. The van der Waals surface area contributed by atoms with E-state index in [0.29, 0.717) is 12.0 Å². The average molecular weight is 237 g/mol. The molecule has 0 saturated carbocycles. The molecule has 0 radical (unpaired) electrons. The molecule has 0 aliphatic heterocycles. The third-order valence-electron chi connectivity index (χ3n) is 3.49. The Morgan fingerprint density at radius 1 is 1.29 bits per heavy atom. The maximum absolute atomic E-state index is 4.47. The zero-order valence-electron chi connectivity index (χ0n) is 12.0. The zero-order chi connectivity index (χ0) is 12.8. The molecule has 0 spiro atoms. The van der Waals surface area contributed by atoms with Crippen molar-refractivity contribution in [3.63, 3.8) is 0 Å². The molecule has 1 N–H and O–H groups in total. The number of aromatic nitrogens is 2. The zero-order valence-corrected chi connectivity index (χ0v) is 12.0. The lowest BCUT2D eigenvalue weighted by atomic mass is 9.91. The molecule has 0 amide bonds. The molecule has 3 nitrogen and oxygen atoms in total. The standard InChI is InChI=1S/C14H27N3/c1-6-9-15-14(12(7-2)8-3)13-10-11(4)16-17(13)5/h10,12,14-15H,6-9H2,1-5H3. The van der Waals surface area contributed by atoms with Crippen LogP contribution < -0.4 is 5.32 Å². The van der Waals surface area contributed by atoms with E-state index in [4.69, 9.17) is 0 Å². The van der Waals surface area contributed by atoms with Crippen molar-refractivity contribution < 1.29 is 0 Å². The third kappa shape index (κ3) is 3.56. The Morgan fingerprint density at radius 2 is 1.94 bits per heavy atom. The monoisotopic (exact) mass is 237 g/mol. The molecule has 0 aromatic carbocycles. The molecule has 17 heavy (non-hydrogen) atoms. The smallest absolute Gasteiger partial charge is 0.0597 e. The molecule has 1 unspecified atom stereocenters. The van der Waals surface area contributed by atoms with Crippen LogP contribution in [-0.4, -0.2) is 16.3 Å². The van der Waals surface area contributed by atoms with Crippen LogP contribution in [0.1, 0.15) is 57.5 Å². The lowest BCUT2D eigenvalue weighted by Gasteiger charge is -2.26. The predicted molar refractivity (Wildman–Crippen MR) is 73.1 cm³/mol. The Labute approximate surface area is 106 Å². The van der Waals surface area contributed by atoms with Crippen molar-refractivity contribution in [2.45, 2.75) is 53.0 Å². The molecular weight excluding hydrogens is 210 g/mol. The average Bonchev–Trinajstić information content (AvgIpc) is 2.64. The molecule has 0 aliphatic rings. The van der Waals surface area contributed by atoms with Crippen LogP contribution in [0.5, 0.6) is 0 Å². The van der Waals surface area contributed by atoms with E-state index in [1.165, 1.54) is 25.0 Å². The van der Waals surface area contributed by atoms with Crippen molar-refractivity contribution in [2.24, 2.45) is 13.0 Å². The fourth-order valence-corrected chi connectivity index (χ4v) is 2.49. The minimum atomic E-state index is 0.441. The van der Waals surface area contributed by atoms with Gasteiger partial charge in [0.2, 0.25) is 0 Å². The van der Waals surface area contributed by atoms with Crippen LogP contribution in [-0.2, 0) is 7.05 Å². The molecule has 0 aliphatic carbocycles. The van der Waals surface area contributed by atoms with Crippen LogP contribution in [0.25, 0.3) is 0 Å². The van der Waals surface area contributed by atoms with Gasteiger partial charge in [-0.3, -0.25) is 4.68 Å². The summed E-state index contributed by atoms with van der Waals surface area (Å²) in [6, 6.07) is 2.65. The summed E-state index contributed by atoms with van der Waals surface area (Å²) in [5, 5.41) is 8.15. The van der Waals surface area contributed by atoms with Gasteiger partial charge in [-0.2, -0.15) is 5.10 Å². The number of rotatable bonds is 7. The first-order chi connectivity index (χ1) is 8.13. The van der Waals surface area contributed by atoms with Gasteiger partial charge >= 0.3 is 0 Å². The van der Waals surface area contributed by atoms with Crippen molar-refractivity contribution in [2.75, 3.05) is 6.54 Å². The van der Waals surface area contributed by atoms with E-state index in [2.05, 4.69) is 44.2 Å². The van der Waals surface area contributed by atoms with E-state index in [1.807, 2.05) is 11.7 Å². The molecule has 1 aromatic heterocycles. The largest absolute Gasteiger partial charge is 0.308 e. The quantitative estimate of drug-likeness (QED) is 0.789. The van der Waals surface area contributed by atoms with E-state index >= 15 is 0 Å². The van der Waals surface area contributed by atoms with Gasteiger partial charge in [-0.25, -0.2) is 0 Å². The topological polar surface area (TPSA) is 29.9 Å². The summed E-state index contributed by atoms with van der Waals surface area (Å²) in [6.07, 6.45) is 3.59. The van der Waals surface area contributed by atoms with Crippen molar-refractivity contribution in [1.82, 2.24) is 15.1 Å². The maximum Gasteiger partial charge on any atom is 0.0597 e. The molecule has 1 atom stereocenters.